The molecular formula is C16H14O4. The van der Waals surface area contributed by atoms with Crippen molar-refractivity contribution in [1.29, 1.82) is 0 Å². The van der Waals surface area contributed by atoms with E-state index in [1.807, 2.05) is 30.3 Å². The Morgan fingerprint density at radius 3 is 2.60 bits per heavy atom. The second kappa shape index (κ2) is 4.96. The number of ether oxygens (including phenoxy) is 2. The van der Waals surface area contributed by atoms with Gasteiger partial charge in [0.1, 0.15) is 23.5 Å². The monoisotopic (exact) mass is 270 g/mol. The third kappa shape index (κ3) is 2.13. The minimum atomic E-state index is -0.509. The summed E-state index contributed by atoms with van der Waals surface area (Å²) in [7, 11) is 1.46. The van der Waals surface area contributed by atoms with Crippen molar-refractivity contribution in [3.8, 4) is 0 Å². The first kappa shape index (κ1) is 12.7. The van der Waals surface area contributed by atoms with E-state index in [0.29, 0.717) is 11.5 Å². The highest BCUT2D eigenvalue weighted by Crippen LogP contribution is 2.35. The summed E-state index contributed by atoms with van der Waals surface area (Å²) >= 11 is 0. The van der Waals surface area contributed by atoms with Crippen LogP contribution >= 0.6 is 0 Å². The zero-order valence-electron chi connectivity index (χ0n) is 11.0. The molecule has 102 valence electrons. The molecule has 2 atom stereocenters. The SMILES string of the molecule is COC1=CC(=O)C[C@@H]2OC(c3ccccc3)=CC(=O)[C@H]12. The van der Waals surface area contributed by atoms with Crippen LogP contribution in [0.4, 0.5) is 0 Å². The van der Waals surface area contributed by atoms with Crippen LogP contribution in [-0.4, -0.2) is 24.8 Å². The third-order valence-corrected chi connectivity index (χ3v) is 3.54. The van der Waals surface area contributed by atoms with E-state index >= 15 is 0 Å². The van der Waals surface area contributed by atoms with Gasteiger partial charge >= 0.3 is 0 Å². The maximum Gasteiger partial charge on any atom is 0.173 e. The van der Waals surface area contributed by atoms with E-state index in [2.05, 4.69) is 0 Å². The van der Waals surface area contributed by atoms with Crippen LogP contribution in [-0.2, 0) is 19.1 Å². The van der Waals surface area contributed by atoms with Crippen molar-refractivity contribution >= 4 is 17.3 Å². The molecule has 0 unspecified atom stereocenters. The van der Waals surface area contributed by atoms with Crippen LogP contribution in [0, 0.1) is 5.92 Å². The van der Waals surface area contributed by atoms with Gasteiger partial charge in [0.05, 0.1) is 7.11 Å². The second-order valence-corrected chi connectivity index (χ2v) is 4.83. The Labute approximate surface area is 116 Å². The summed E-state index contributed by atoms with van der Waals surface area (Å²) in [5, 5.41) is 0. The number of fused-ring (bicyclic) bond motifs is 1. The average molecular weight is 270 g/mol. The fourth-order valence-corrected chi connectivity index (χ4v) is 2.60. The van der Waals surface area contributed by atoms with E-state index in [4.69, 9.17) is 9.47 Å². The van der Waals surface area contributed by atoms with Crippen LogP contribution in [0.2, 0.25) is 0 Å². The highest BCUT2D eigenvalue weighted by molar-refractivity contribution is 6.03. The average Bonchev–Trinajstić information content (AvgIpc) is 2.46. The summed E-state index contributed by atoms with van der Waals surface area (Å²) in [6.07, 6.45) is 2.60. The lowest BCUT2D eigenvalue weighted by molar-refractivity contribution is -0.126. The van der Waals surface area contributed by atoms with Crippen LogP contribution in [0.1, 0.15) is 12.0 Å². The normalized spacial score (nSPS) is 25.2. The fourth-order valence-electron chi connectivity index (χ4n) is 2.60. The fraction of sp³-hybridized carbons (Fsp3) is 0.250. The predicted molar refractivity (Wildman–Crippen MR) is 72.5 cm³/mol. The van der Waals surface area contributed by atoms with Crippen LogP contribution < -0.4 is 0 Å². The van der Waals surface area contributed by atoms with E-state index in [0.717, 1.165) is 5.56 Å². The van der Waals surface area contributed by atoms with Crippen molar-refractivity contribution in [3.05, 3.63) is 53.8 Å². The molecule has 20 heavy (non-hydrogen) atoms. The molecule has 4 heteroatoms. The first-order chi connectivity index (χ1) is 9.69. The van der Waals surface area contributed by atoms with Gasteiger partial charge in [-0.3, -0.25) is 9.59 Å². The largest absolute Gasteiger partial charge is 0.500 e. The van der Waals surface area contributed by atoms with Crippen LogP contribution in [0.15, 0.2) is 48.2 Å². The number of ketones is 2. The van der Waals surface area contributed by atoms with Gasteiger partial charge < -0.3 is 9.47 Å². The molecule has 0 amide bonds. The van der Waals surface area contributed by atoms with E-state index in [9.17, 15) is 9.59 Å². The van der Waals surface area contributed by atoms with Gasteiger partial charge in [-0.1, -0.05) is 30.3 Å². The van der Waals surface area contributed by atoms with Crippen LogP contribution in [0.3, 0.4) is 0 Å². The van der Waals surface area contributed by atoms with Gasteiger partial charge in [-0.25, -0.2) is 0 Å². The number of carbonyl (C=O) groups is 2. The predicted octanol–water partition coefficient (Wildman–Crippen LogP) is 2.11. The summed E-state index contributed by atoms with van der Waals surface area (Å²) in [5.41, 5.74) is 0.834. The lowest BCUT2D eigenvalue weighted by Gasteiger charge is -2.33. The molecule has 0 aromatic heterocycles. The van der Waals surface area contributed by atoms with Gasteiger partial charge in [0.2, 0.25) is 0 Å². The number of hydrogen-bond acceptors (Lipinski definition) is 4. The highest BCUT2D eigenvalue weighted by Gasteiger charge is 2.41. The summed E-state index contributed by atoms with van der Waals surface area (Å²) in [6, 6.07) is 9.40. The van der Waals surface area contributed by atoms with Crippen molar-refractivity contribution in [1.82, 2.24) is 0 Å². The molecule has 1 aliphatic carbocycles. The maximum absolute atomic E-state index is 12.3. The van der Waals surface area contributed by atoms with Crippen molar-refractivity contribution in [2.24, 2.45) is 5.92 Å². The Balaban J connectivity index is 1.97. The lowest BCUT2D eigenvalue weighted by atomic mass is 9.84. The van der Waals surface area contributed by atoms with Gasteiger partial charge in [0.15, 0.2) is 11.6 Å². The first-order valence-corrected chi connectivity index (χ1v) is 6.45. The smallest absolute Gasteiger partial charge is 0.173 e. The Hall–Kier alpha value is -2.36. The van der Waals surface area contributed by atoms with Crippen molar-refractivity contribution in [3.63, 3.8) is 0 Å². The molecule has 0 spiro atoms. The Morgan fingerprint density at radius 1 is 1.15 bits per heavy atom. The number of benzene rings is 1. The minimum Gasteiger partial charge on any atom is -0.500 e. The van der Waals surface area contributed by atoms with Crippen LogP contribution in [0.5, 0.6) is 0 Å². The molecule has 0 fully saturated rings. The van der Waals surface area contributed by atoms with Gasteiger partial charge in [-0.05, 0) is 0 Å². The lowest BCUT2D eigenvalue weighted by Crippen LogP contribution is -2.39. The number of rotatable bonds is 2. The van der Waals surface area contributed by atoms with Gasteiger partial charge in [-0.2, -0.15) is 0 Å². The Kier molecular flexibility index (Phi) is 3.14. The van der Waals surface area contributed by atoms with Gasteiger partial charge in [-0.15, -0.1) is 0 Å². The zero-order valence-corrected chi connectivity index (χ0v) is 11.0. The second-order valence-electron chi connectivity index (χ2n) is 4.83. The third-order valence-electron chi connectivity index (χ3n) is 3.54. The minimum absolute atomic E-state index is 0.0785. The summed E-state index contributed by atoms with van der Waals surface area (Å²) in [5.74, 6) is 0.234. The van der Waals surface area contributed by atoms with E-state index in [1.54, 1.807) is 0 Å². The molecule has 0 saturated carbocycles. The van der Waals surface area contributed by atoms with Gasteiger partial charge in [0.25, 0.3) is 0 Å². The molecule has 0 radical (unpaired) electrons. The topological polar surface area (TPSA) is 52.6 Å². The van der Waals surface area contributed by atoms with Crippen molar-refractivity contribution in [2.45, 2.75) is 12.5 Å². The Bertz CT molecular complexity index is 613. The van der Waals surface area contributed by atoms with E-state index in [1.165, 1.54) is 19.3 Å². The van der Waals surface area contributed by atoms with Crippen molar-refractivity contribution < 1.29 is 19.1 Å². The molecule has 2 aliphatic rings. The zero-order chi connectivity index (χ0) is 14.1. The molecule has 1 heterocycles. The van der Waals surface area contributed by atoms with E-state index in [-0.39, 0.29) is 18.0 Å². The van der Waals surface area contributed by atoms with Crippen molar-refractivity contribution in [2.75, 3.05) is 7.11 Å². The van der Waals surface area contributed by atoms with Crippen LogP contribution in [0.25, 0.3) is 5.76 Å². The first-order valence-electron chi connectivity index (χ1n) is 6.45. The maximum atomic E-state index is 12.3. The molecule has 1 aromatic carbocycles. The quantitative estimate of drug-likeness (QED) is 0.826. The molecule has 1 aromatic rings. The number of carbonyl (C=O) groups excluding carboxylic acids is 2. The number of allylic oxidation sites excluding steroid dienone is 2. The standard InChI is InChI=1S/C16H14O4/c1-19-14-7-11(17)8-15-16(14)12(18)9-13(20-15)10-5-3-2-4-6-10/h2-7,9,15-16H,8H2,1H3/t15-,16+/m0/s1. The molecular weight excluding hydrogens is 256 g/mol. The molecule has 0 saturated heterocycles. The molecule has 3 rings (SSSR count). The molecule has 0 bridgehead atoms. The summed E-state index contributed by atoms with van der Waals surface area (Å²) in [6.45, 7) is 0. The number of methoxy groups -OCH3 is 1. The summed E-state index contributed by atoms with van der Waals surface area (Å²) in [4.78, 5) is 24.0. The highest BCUT2D eigenvalue weighted by atomic mass is 16.5. The van der Waals surface area contributed by atoms with E-state index < -0.39 is 12.0 Å². The Morgan fingerprint density at radius 2 is 1.90 bits per heavy atom. The number of hydrogen-bond donors (Lipinski definition) is 0. The van der Waals surface area contributed by atoms with Gasteiger partial charge in [0, 0.05) is 24.1 Å². The summed E-state index contributed by atoms with van der Waals surface area (Å²) < 4.78 is 11.0. The molecule has 4 nitrogen and oxygen atoms in total. The molecule has 1 aliphatic heterocycles. The molecule has 0 N–H and O–H groups in total.